The highest BCUT2D eigenvalue weighted by molar-refractivity contribution is 8.00. The minimum Gasteiger partial charge on any atom is -0.313 e. The van der Waals surface area contributed by atoms with Gasteiger partial charge in [-0.1, -0.05) is 34.6 Å². The van der Waals surface area contributed by atoms with Crippen LogP contribution in [0.1, 0.15) is 47.5 Å². The first-order valence-corrected chi connectivity index (χ1v) is 8.04. The van der Waals surface area contributed by atoms with Crippen LogP contribution in [0.3, 0.4) is 0 Å². The third-order valence-electron chi connectivity index (χ3n) is 3.62. The summed E-state index contributed by atoms with van der Waals surface area (Å²) in [4.78, 5) is 2.69. The van der Waals surface area contributed by atoms with Gasteiger partial charge in [-0.3, -0.25) is 4.90 Å². The van der Waals surface area contributed by atoms with Gasteiger partial charge in [0.25, 0.3) is 0 Å². The van der Waals surface area contributed by atoms with Crippen LogP contribution in [0.15, 0.2) is 0 Å². The Labute approximate surface area is 112 Å². The van der Waals surface area contributed by atoms with Crippen molar-refractivity contribution in [3.8, 4) is 0 Å². The average molecular weight is 258 g/mol. The van der Waals surface area contributed by atoms with Gasteiger partial charge in [-0.05, 0) is 19.4 Å². The molecule has 1 N–H and O–H groups in total. The lowest BCUT2D eigenvalue weighted by Gasteiger charge is -2.31. The van der Waals surface area contributed by atoms with Gasteiger partial charge in [-0.25, -0.2) is 0 Å². The monoisotopic (exact) mass is 258 g/mol. The Balaban J connectivity index is 2.45. The first kappa shape index (κ1) is 15.3. The first-order valence-electron chi connectivity index (χ1n) is 7.06. The summed E-state index contributed by atoms with van der Waals surface area (Å²) in [6.45, 7) is 15.2. The normalized spacial score (nSPS) is 23.6. The molecule has 0 aliphatic carbocycles. The van der Waals surface area contributed by atoms with E-state index in [1.54, 1.807) is 0 Å². The average Bonchev–Trinajstić information content (AvgIpc) is 2.41. The summed E-state index contributed by atoms with van der Waals surface area (Å²) in [5, 5.41) is 3.59. The number of hydrogen-bond donors (Lipinski definition) is 1. The van der Waals surface area contributed by atoms with E-state index in [1.807, 2.05) is 0 Å². The topological polar surface area (TPSA) is 15.3 Å². The predicted octanol–water partition coefficient (Wildman–Crippen LogP) is 2.98. The van der Waals surface area contributed by atoms with E-state index >= 15 is 0 Å². The first-order chi connectivity index (χ1) is 7.94. The largest absolute Gasteiger partial charge is 0.313 e. The van der Waals surface area contributed by atoms with Crippen molar-refractivity contribution < 1.29 is 0 Å². The Morgan fingerprint density at radius 3 is 2.59 bits per heavy atom. The van der Waals surface area contributed by atoms with Gasteiger partial charge in [0.15, 0.2) is 0 Å². The van der Waals surface area contributed by atoms with Crippen LogP contribution in [0.4, 0.5) is 0 Å². The summed E-state index contributed by atoms with van der Waals surface area (Å²) in [5.41, 5.74) is 0. The molecule has 1 saturated heterocycles. The summed E-state index contributed by atoms with van der Waals surface area (Å²) in [6, 6.07) is 1.31. The minimum atomic E-state index is 0.471. The van der Waals surface area contributed by atoms with Gasteiger partial charge in [0, 0.05) is 35.7 Å². The van der Waals surface area contributed by atoms with Gasteiger partial charge in [-0.2, -0.15) is 11.8 Å². The molecule has 3 heteroatoms. The quantitative estimate of drug-likeness (QED) is 0.816. The summed E-state index contributed by atoms with van der Waals surface area (Å²) in [5.74, 6) is 1.28. The molecule has 0 amide bonds. The van der Waals surface area contributed by atoms with Crippen LogP contribution in [0, 0.1) is 0 Å². The molecule has 17 heavy (non-hydrogen) atoms. The summed E-state index contributed by atoms with van der Waals surface area (Å²) < 4.78 is 0.471. The van der Waals surface area contributed by atoms with Crippen molar-refractivity contribution in [2.75, 3.05) is 25.4 Å². The molecule has 0 aromatic rings. The standard InChI is InChI=1S/C14H30N2S/c1-6-13(11-15-12(2)3)16-8-7-14(4,5)17-10-9-16/h12-13,15H,6-11H2,1-5H3. The van der Waals surface area contributed by atoms with Gasteiger partial charge in [0.05, 0.1) is 0 Å². The smallest absolute Gasteiger partial charge is 0.0218 e. The van der Waals surface area contributed by atoms with Crippen LogP contribution in [-0.4, -0.2) is 47.1 Å². The highest BCUT2D eigenvalue weighted by Crippen LogP contribution is 2.31. The fourth-order valence-electron chi connectivity index (χ4n) is 2.30. The van der Waals surface area contributed by atoms with Crippen LogP contribution in [0.2, 0.25) is 0 Å². The second-order valence-corrected chi connectivity index (χ2v) is 7.82. The van der Waals surface area contributed by atoms with E-state index in [-0.39, 0.29) is 0 Å². The highest BCUT2D eigenvalue weighted by atomic mass is 32.2. The fraction of sp³-hybridized carbons (Fsp3) is 1.00. The van der Waals surface area contributed by atoms with Crippen molar-refractivity contribution >= 4 is 11.8 Å². The molecule has 0 bridgehead atoms. The van der Waals surface area contributed by atoms with E-state index in [1.165, 1.54) is 31.7 Å². The van der Waals surface area contributed by atoms with Gasteiger partial charge < -0.3 is 5.32 Å². The Kier molecular flexibility index (Phi) is 6.32. The molecular weight excluding hydrogens is 228 g/mol. The van der Waals surface area contributed by atoms with Crippen LogP contribution >= 0.6 is 11.8 Å². The lowest BCUT2D eigenvalue weighted by atomic mass is 10.1. The number of thioether (sulfide) groups is 1. The Morgan fingerprint density at radius 1 is 1.29 bits per heavy atom. The molecule has 102 valence electrons. The molecule has 0 aromatic heterocycles. The molecule has 1 fully saturated rings. The van der Waals surface area contributed by atoms with Crippen molar-refractivity contribution in [2.45, 2.75) is 64.3 Å². The molecule has 1 rings (SSSR count). The third-order valence-corrected chi connectivity index (χ3v) is 4.99. The number of nitrogens with zero attached hydrogens (tertiary/aromatic N) is 1. The van der Waals surface area contributed by atoms with E-state index in [2.05, 4.69) is 56.6 Å². The molecule has 1 aliphatic heterocycles. The molecule has 2 nitrogen and oxygen atoms in total. The maximum atomic E-state index is 3.59. The minimum absolute atomic E-state index is 0.471. The summed E-state index contributed by atoms with van der Waals surface area (Å²) in [6.07, 6.45) is 2.57. The molecule has 0 radical (unpaired) electrons. The van der Waals surface area contributed by atoms with Gasteiger partial charge >= 0.3 is 0 Å². The van der Waals surface area contributed by atoms with Crippen molar-refractivity contribution in [3.63, 3.8) is 0 Å². The summed E-state index contributed by atoms with van der Waals surface area (Å²) in [7, 11) is 0. The Bertz CT molecular complexity index is 216. The predicted molar refractivity (Wildman–Crippen MR) is 79.9 cm³/mol. The molecule has 1 unspecified atom stereocenters. The molecule has 1 heterocycles. The highest BCUT2D eigenvalue weighted by Gasteiger charge is 2.26. The van der Waals surface area contributed by atoms with Crippen LogP contribution < -0.4 is 5.32 Å². The Morgan fingerprint density at radius 2 is 2.00 bits per heavy atom. The molecular formula is C14H30N2S. The van der Waals surface area contributed by atoms with Crippen molar-refractivity contribution in [1.82, 2.24) is 10.2 Å². The lowest BCUT2D eigenvalue weighted by molar-refractivity contribution is 0.192. The number of hydrogen-bond acceptors (Lipinski definition) is 3. The zero-order valence-corrected chi connectivity index (χ0v) is 13.1. The zero-order chi connectivity index (χ0) is 12.9. The maximum Gasteiger partial charge on any atom is 0.0218 e. The fourth-order valence-corrected chi connectivity index (χ4v) is 3.42. The van der Waals surface area contributed by atoms with Gasteiger partial charge in [0.1, 0.15) is 0 Å². The summed E-state index contributed by atoms with van der Waals surface area (Å²) >= 11 is 2.14. The second-order valence-electron chi connectivity index (χ2n) is 6.02. The second kappa shape index (κ2) is 7.01. The third kappa shape index (κ3) is 5.62. The Hall–Kier alpha value is 0.270. The molecule has 0 spiro atoms. The number of nitrogens with one attached hydrogen (secondary N) is 1. The lowest BCUT2D eigenvalue weighted by Crippen LogP contribution is -2.44. The van der Waals surface area contributed by atoms with Gasteiger partial charge in [0.2, 0.25) is 0 Å². The van der Waals surface area contributed by atoms with E-state index in [0.29, 0.717) is 16.8 Å². The van der Waals surface area contributed by atoms with E-state index in [4.69, 9.17) is 0 Å². The van der Waals surface area contributed by atoms with E-state index in [9.17, 15) is 0 Å². The van der Waals surface area contributed by atoms with E-state index in [0.717, 1.165) is 6.54 Å². The van der Waals surface area contributed by atoms with Gasteiger partial charge in [-0.15, -0.1) is 0 Å². The van der Waals surface area contributed by atoms with Crippen LogP contribution in [-0.2, 0) is 0 Å². The van der Waals surface area contributed by atoms with Crippen molar-refractivity contribution in [1.29, 1.82) is 0 Å². The van der Waals surface area contributed by atoms with E-state index < -0.39 is 0 Å². The molecule has 0 saturated carbocycles. The van der Waals surface area contributed by atoms with Crippen LogP contribution in [0.5, 0.6) is 0 Å². The van der Waals surface area contributed by atoms with Crippen molar-refractivity contribution in [3.05, 3.63) is 0 Å². The van der Waals surface area contributed by atoms with Crippen LogP contribution in [0.25, 0.3) is 0 Å². The zero-order valence-electron chi connectivity index (χ0n) is 12.3. The molecule has 0 aromatic carbocycles. The maximum absolute atomic E-state index is 3.59. The molecule has 1 atom stereocenters. The SMILES string of the molecule is CCC(CNC(C)C)N1CCSC(C)(C)CC1. The number of rotatable bonds is 5. The molecule has 1 aliphatic rings. The van der Waals surface area contributed by atoms with Crippen molar-refractivity contribution in [2.24, 2.45) is 0 Å².